The van der Waals surface area contributed by atoms with Crippen molar-refractivity contribution in [1.29, 1.82) is 0 Å². The van der Waals surface area contributed by atoms with E-state index in [-0.39, 0.29) is 29.0 Å². The fourth-order valence-electron chi connectivity index (χ4n) is 2.40. The lowest BCUT2D eigenvalue weighted by Gasteiger charge is -2.21. The van der Waals surface area contributed by atoms with Crippen LogP contribution in [0, 0.1) is 0 Å². The van der Waals surface area contributed by atoms with Crippen molar-refractivity contribution in [2.75, 3.05) is 19.5 Å². The van der Waals surface area contributed by atoms with Crippen molar-refractivity contribution in [2.45, 2.75) is 31.3 Å². The van der Waals surface area contributed by atoms with Crippen LogP contribution in [0.15, 0.2) is 53.4 Å². The molecular weight excluding hydrogens is 394 g/mol. The van der Waals surface area contributed by atoms with Crippen molar-refractivity contribution in [3.63, 3.8) is 0 Å². The first-order valence-corrected chi connectivity index (χ1v) is 10.4. The SMILES string of the molecule is COC(=O)Nc1ccc(CNC(=O)c2cccc(S(=O)(=O)N(C)C(C)C)c2)cc1. The van der Waals surface area contributed by atoms with E-state index >= 15 is 0 Å². The number of nitrogens with one attached hydrogen (secondary N) is 2. The molecule has 0 fully saturated rings. The average molecular weight is 420 g/mol. The van der Waals surface area contributed by atoms with Gasteiger partial charge in [-0.3, -0.25) is 10.1 Å². The predicted octanol–water partition coefficient (Wildman–Crippen LogP) is 2.82. The summed E-state index contributed by atoms with van der Waals surface area (Å²) in [7, 11) is -0.886. The monoisotopic (exact) mass is 419 g/mol. The molecule has 0 heterocycles. The van der Waals surface area contributed by atoms with Crippen molar-refractivity contribution < 1.29 is 22.7 Å². The van der Waals surface area contributed by atoms with Gasteiger partial charge in [0.25, 0.3) is 5.91 Å². The lowest BCUT2D eigenvalue weighted by Crippen LogP contribution is -2.33. The molecule has 0 radical (unpaired) electrons. The summed E-state index contributed by atoms with van der Waals surface area (Å²) < 4.78 is 31.0. The van der Waals surface area contributed by atoms with Crippen molar-refractivity contribution >= 4 is 27.7 Å². The van der Waals surface area contributed by atoms with Gasteiger partial charge in [0.05, 0.1) is 12.0 Å². The Morgan fingerprint density at radius 2 is 1.76 bits per heavy atom. The van der Waals surface area contributed by atoms with Gasteiger partial charge in [0.1, 0.15) is 0 Å². The highest BCUT2D eigenvalue weighted by Gasteiger charge is 2.23. The predicted molar refractivity (Wildman–Crippen MR) is 110 cm³/mol. The largest absolute Gasteiger partial charge is 0.453 e. The van der Waals surface area contributed by atoms with Gasteiger partial charge in [-0.25, -0.2) is 13.2 Å². The molecule has 0 unspecified atom stereocenters. The Hall–Kier alpha value is -2.91. The van der Waals surface area contributed by atoms with Crippen LogP contribution in [-0.2, 0) is 21.3 Å². The minimum Gasteiger partial charge on any atom is -0.453 e. The van der Waals surface area contributed by atoms with E-state index in [0.29, 0.717) is 5.69 Å². The summed E-state index contributed by atoms with van der Waals surface area (Å²) in [5.41, 5.74) is 1.64. The number of rotatable bonds is 7. The first kappa shape index (κ1) is 22.4. The topological polar surface area (TPSA) is 105 Å². The number of nitrogens with zero attached hydrogens (tertiary/aromatic N) is 1. The molecule has 2 aromatic rings. The van der Waals surface area contributed by atoms with Crippen molar-refractivity contribution in [3.05, 3.63) is 59.7 Å². The Labute approximate surface area is 170 Å². The van der Waals surface area contributed by atoms with Gasteiger partial charge in [-0.2, -0.15) is 4.31 Å². The molecule has 0 atom stereocenters. The van der Waals surface area contributed by atoms with Gasteiger partial charge in [-0.15, -0.1) is 0 Å². The number of ether oxygens (including phenoxy) is 1. The minimum atomic E-state index is -3.67. The molecule has 156 valence electrons. The first-order chi connectivity index (χ1) is 13.6. The summed E-state index contributed by atoms with van der Waals surface area (Å²) in [5, 5.41) is 5.30. The van der Waals surface area contributed by atoms with E-state index in [2.05, 4.69) is 15.4 Å². The van der Waals surface area contributed by atoms with Gasteiger partial charge < -0.3 is 10.1 Å². The van der Waals surface area contributed by atoms with Crippen molar-refractivity contribution in [1.82, 2.24) is 9.62 Å². The van der Waals surface area contributed by atoms with Crippen LogP contribution < -0.4 is 10.6 Å². The van der Waals surface area contributed by atoms with Crippen LogP contribution >= 0.6 is 0 Å². The van der Waals surface area contributed by atoms with Gasteiger partial charge in [0.15, 0.2) is 0 Å². The first-order valence-electron chi connectivity index (χ1n) is 8.95. The molecule has 0 bridgehead atoms. The van der Waals surface area contributed by atoms with Gasteiger partial charge in [-0.05, 0) is 49.7 Å². The van der Waals surface area contributed by atoms with Crippen LogP contribution in [0.5, 0.6) is 0 Å². The summed E-state index contributed by atoms with van der Waals surface area (Å²) >= 11 is 0. The maximum absolute atomic E-state index is 12.6. The lowest BCUT2D eigenvalue weighted by atomic mass is 10.2. The minimum absolute atomic E-state index is 0.0691. The van der Waals surface area contributed by atoms with Crippen LogP contribution in [0.25, 0.3) is 0 Å². The number of hydrogen-bond acceptors (Lipinski definition) is 5. The number of hydrogen-bond donors (Lipinski definition) is 2. The zero-order valence-corrected chi connectivity index (χ0v) is 17.6. The second-order valence-corrected chi connectivity index (χ2v) is 8.64. The Morgan fingerprint density at radius 3 is 2.34 bits per heavy atom. The maximum atomic E-state index is 12.6. The van der Waals surface area contributed by atoms with E-state index in [9.17, 15) is 18.0 Å². The molecule has 0 saturated heterocycles. The standard InChI is InChI=1S/C20H25N3O5S/c1-14(2)23(3)29(26,27)18-7-5-6-16(12-18)19(24)21-13-15-8-10-17(11-9-15)22-20(25)28-4/h5-12,14H,13H2,1-4H3,(H,21,24)(H,22,25). The molecular formula is C20H25N3O5S. The number of sulfonamides is 1. The van der Waals surface area contributed by atoms with E-state index in [0.717, 1.165) is 5.56 Å². The molecule has 9 heteroatoms. The van der Waals surface area contributed by atoms with Crippen LogP contribution in [-0.4, -0.2) is 44.9 Å². The summed E-state index contributed by atoms with van der Waals surface area (Å²) in [5.74, 6) is -0.383. The Balaban J connectivity index is 2.06. The molecule has 0 saturated carbocycles. The number of methoxy groups -OCH3 is 1. The molecule has 0 aromatic heterocycles. The van der Waals surface area contributed by atoms with E-state index in [4.69, 9.17) is 0 Å². The van der Waals surface area contributed by atoms with Crippen LogP contribution in [0.1, 0.15) is 29.8 Å². The van der Waals surface area contributed by atoms with Crippen molar-refractivity contribution in [2.24, 2.45) is 0 Å². The lowest BCUT2D eigenvalue weighted by molar-refractivity contribution is 0.0950. The van der Waals surface area contributed by atoms with Crippen molar-refractivity contribution in [3.8, 4) is 0 Å². The zero-order chi connectivity index (χ0) is 21.6. The number of carbonyl (C=O) groups excluding carboxylic acids is 2. The quantitative estimate of drug-likeness (QED) is 0.718. The zero-order valence-electron chi connectivity index (χ0n) is 16.8. The summed E-state index contributed by atoms with van der Waals surface area (Å²) in [6.45, 7) is 3.81. The molecule has 0 aliphatic rings. The highest BCUT2D eigenvalue weighted by atomic mass is 32.2. The highest BCUT2D eigenvalue weighted by molar-refractivity contribution is 7.89. The molecule has 0 spiro atoms. The van der Waals surface area contributed by atoms with E-state index < -0.39 is 16.1 Å². The fraction of sp³-hybridized carbons (Fsp3) is 0.300. The Morgan fingerprint density at radius 1 is 1.10 bits per heavy atom. The molecule has 2 amide bonds. The average Bonchev–Trinajstić information content (AvgIpc) is 2.72. The molecule has 8 nitrogen and oxygen atoms in total. The van der Waals surface area contributed by atoms with E-state index in [1.807, 2.05) is 0 Å². The summed E-state index contributed by atoms with van der Waals surface area (Å²) in [4.78, 5) is 23.7. The number of carbonyl (C=O) groups is 2. The molecule has 0 aliphatic heterocycles. The molecule has 2 rings (SSSR count). The summed E-state index contributed by atoms with van der Waals surface area (Å²) in [6.07, 6.45) is -0.566. The Bertz CT molecular complexity index is 972. The second kappa shape index (κ2) is 9.53. The fourth-order valence-corrected chi connectivity index (χ4v) is 3.81. The third kappa shape index (κ3) is 5.78. The number of benzene rings is 2. The molecule has 2 aromatic carbocycles. The molecule has 29 heavy (non-hydrogen) atoms. The Kier molecular flexibility index (Phi) is 7.35. The van der Waals surface area contributed by atoms with Gasteiger partial charge >= 0.3 is 6.09 Å². The van der Waals surface area contributed by atoms with Gasteiger partial charge in [0.2, 0.25) is 10.0 Å². The maximum Gasteiger partial charge on any atom is 0.411 e. The number of anilines is 1. The van der Waals surface area contributed by atoms with E-state index in [1.165, 1.54) is 30.6 Å². The smallest absolute Gasteiger partial charge is 0.411 e. The normalized spacial score (nSPS) is 11.4. The third-order valence-corrected chi connectivity index (χ3v) is 6.37. The van der Waals surface area contributed by atoms with E-state index in [1.54, 1.807) is 50.2 Å². The number of amides is 2. The summed E-state index contributed by atoms with van der Waals surface area (Å²) in [6, 6.07) is 12.6. The second-order valence-electron chi connectivity index (χ2n) is 6.64. The van der Waals surface area contributed by atoms with Crippen LogP contribution in [0.4, 0.5) is 10.5 Å². The molecule has 0 aliphatic carbocycles. The van der Waals surface area contributed by atoms with Gasteiger partial charge in [0, 0.05) is 30.9 Å². The van der Waals surface area contributed by atoms with Crippen LogP contribution in [0.3, 0.4) is 0 Å². The third-order valence-electron chi connectivity index (χ3n) is 4.34. The van der Waals surface area contributed by atoms with Gasteiger partial charge in [-0.1, -0.05) is 18.2 Å². The van der Waals surface area contributed by atoms with Crippen LogP contribution in [0.2, 0.25) is 0 Å². The highest BCUT2D eigenvalue weighted by Crippen LogP contribution is 2.18. The molecule has 2 N–H and O–H groups in total.